The fourth-order valence-electron chi connectivity index (χ4n) is 3.43. The molecule has 0 saturated carbocycles. The average molecular weight is 537 g/mol. The lowest BCUT2D eigenvalue weighted by Crippen LogP contribution is -2.44. The van der Waals surface area contributed by atoms with Crippen LogP contribution in [0.25, 0.3) is 0 Å². The van der Waals surface area contributed by atoms with Crippen LogP contribution in [-0.4, -0.2) is 46.7 Å². The molecule has 10 heteroatoms. The van der Waals surface area contributed by atoms with Gasteiger partial charge in [-0.15, -0.1) is 0 Å². The molecule has 0 aliphatic rings. The van der Waals surface area contributed by atoms with Crippen LogP contribution in [0.4, 0.5) is 5.69 Å². The number of carbonyl (C=O) groups is 1. The Morgan fingerprint density at radius 3 is 2.39 bits per heavy atom. The van der Waals surface area contributed by atoms with Crippen LogP contribution < -0.4 is 14.8 Å². The zero-order valence-corrected chi connectivity index (χ0v) is 24.3. The summed E-state index contributed by atoms with van der Waals surface area (Å²) < 4.78 is 37.9. The molecule has 0 unspecified atom stereocenters. The van der Waals surface area contributed by atoms with Gasteiger partial charge in [-0.25, -0.2) is 8.42 Å². The fourth-order valence-corrected chi connectivity index (χ4v) is 5.28. The van der Waals surface area contributed by atoms with Gasteiger partial charge in [-0.05, 0) is 66.9 Å². The average Bonchev–Trinajstić information content (AvgIpc) is 2.70. The highest BCUT2D eigenvalue weighted by atomic mass is 32.2. The molecule has 2 atom stereocenters. The van der Waals surface area contributed by atoms with Crippen LogP contribution in [-0.2, 0) is 25.7 Å². The maximum Gasteiger partial charge on any atom is 0.308 e. The minimum Gasteiger partial charge on any atom is -0.506 e. The number of carbonyl (C=O) groups excluding carboxylic acids is 1. The molecule has 0 saturated heterocycles. The second-order valence-electron chi connectivity index (χ2n) is 10.8. The molecule has 200 valence electrons. The molecule has 0 amide bonds. The van der Waals surface area contributed by atoms with E-state index in [1.807, 2.05) is 18.2 Å². The molecule has 0 heterocycles. The van der Waals surface area contributed by atoms with Crippen molar-refractivity contribution in [3.63, 3.8) is 0 Å². The summed E-state index contributed by atoms with van der Waals surface area (Å²) in [4.78, 5) is 11.3. The Labute approximate surface area is 216 Å². The van der Waals surface area contributed by atoms with E-state index >= 15 is 0 Å². The summed E-state index contributed by atoms with van der Waals surface area (Å²) >= 11 is 0. The molecule has 2 rings (SSSR count). The Morgan fingerprint density at radius 1 is 1.14 bits per heavy atom. The van der Waals surface area contributed by atoms with Crippen LogP contribution in [0.5, 0.6) is 11.5 Å². The Balaban J connectivity index is 2.25. The first-order chi connectivity index (χ1) is 16.5. The molecular formula is C26H40N2O6SSi. The molecule has 0 fully saturated rings. The number of rotatable bonds is 11. The summed E-state index contributed by atoms with van der Waals surface area (Å²) in [7, 11) is -5.75. The second-order valence-corrected chi connectivity index (χ2v) is 17.3. The first kappa shape index (κ1) is 29.8. The highest BCUT2D eigenvalue weighted by Gasteiger charge is 2.39. The summed E-state index contributed by atoms with van der Waals surface area (Å²) in [5.74, 6) is 0.00755. The molecule has 0 radical (unpaired) electrons. The van der Waals surface area contributed by atoms with Gasteiger partial charge < -0.3 is 19.6 Å². The molecule has 3 N–H and O–H groups in total. The largest absolute Gasteiger partial charge is 0.506 e. The predicted molar refractivity (Wildman–Crippen MR) is 147 cm³/mol. The van der Waals surface area contributed by atoms with E-state index in [0.717, 1.165) is 17.4 Å². The number of phenolic OH excluding ortho intramolecular Hbond substituents is 1. The van der Waals surface area contributed by atoms with Gasteiger partial charge in [0.25, 0.3) is 0 Å². The van der Waals surface area contributed by atoms with Gasteiger partial charge in [-0.1, -0.05) is 39.0 Å². The third kappa shape index (κ3) is 9.23. The first-order valence-corrected chi connectivity index (χ1v) is 16.8. The number of phenols is 1. The number of aromatic hydroxyl groups is 1. The number of benzene rings is 2. The molecule has 0 aliphatic carbocycles. The van der Waals surface area contributed by atoms with Crippen molar-refractivity contribution in [2.45, 2.75) is 71.3 Å². The number of esters is 1. The lowest BCUT2D eigenvalue weighted by atomic mass is 10.1. The van der Waals surface area contributed by atoms with E-state index in [-0.39, 0.29) is 34.6 Å². The standard InChI is InChI=1S/C26H40N2O6SSi/c1-18(14-20-10-9-11-22(15-20)33-19(2)29)27-17-25(34-36(7,8)26(3,4)5)21-12-13-24(30)23(16-21)28-35(6,31)32/h9-13,15-16,18,25,27-28,30H,14,17H2,1-8H3/t18-,25-/m1/s1. The first-order valence-electron chi connectivity index (χ1n) is 12.0. The van der Waals surface area contributed by atoms with Gasteiger partial charge in [0.1, 0.15) is 11.5 Å². The van der Waals surface area contributed by atoms with Crippen molar-refractivity contribution in [1.29, 1.82) is 0 Å². The Kier molecular flexibility index (Phi) is 9.75. The van der Waals surface area contributed by atoms with Crippen molar-refractivity contribution in [1.82, 2.24) is 5.32 Å². The third-order valence-corrected chi connectivity index (χ3v) is 11.4. The Morgan fingerprint density at radius 2 is 1.81 bits per heavy atom. The topological polar surface area (TPSA) is 114 Å². The highest BCUT2D eigenvalue weighted by Crippen LogP contribution is 2.40. The number of sulfonamides is 1. The van der Waals surface area contributed by atoms with Crippen molar-refractivity contribution in [3.8, 4) is 11.5 Å². The van der Waals surface area contributed by atoms with Crippen LogP contribution in [0.1, 0.15) is 51.8 Å². The number of hydrogen-bond donors (Lipinski definition) is 3. The van der Waals surface area contributed by atoms with Gasteiger partial charge in [0.05, 0.1) is 18.0 Å². The van der Waals surface area contributed by atoms with Crippen LogP contribution in [0.15, 0.2) is 42.5 Å². The van der Waals surface area contributed by atoms with Gasteiger partial charge in [0.15, 0.2) is 8.32 Å². The minimum atomic E-state index is -3.56. The number of nitrogens with one attached hydrogen (secondary N) is 2. The maximum absolute atomic E-state index is 11.8. The number of ether oxygens (including phenoxy) is 1. The van der Waals surface area contributed by atoms with E-state index < -0.39 is 18.3 Å². The summed E-state index contributed by atoms with van der Waals surface area (Å²) in [5, 5.41) is 13.7. The summed E-state index contributed by atoms with van der Waals surface area (Å²) in [6.45, 7) is 14.7. The monoisotopic (exact) mass is 536 g/mol. The summed E-state index contributed by atoms with van der Waals surface area (Å²) in [6, 6.07) is 12.4. The molecule has 0 aliphatic heterocycles. The molecule has 2 aromatic rings. The predicted octanol–water partition coefficient (Wildman–Crippen LogP) is 4.97. The molecule has 0 aromatic heterocycles. The highest BCUT2D eigenvalue weighted by molar-refractivity contribution is 7.92. The van der Waals surface area contributed by atoms with Crippen molar-refractivity contribution >= 4 is 30.0 Å². The van der Waals surface area contributed by atoms with Gasteiger partial charge in [0, 0.05) is 19.5 Å². The number of hydrogen-bond acceptors (Lipinski definition) is 7. The van der Waals surface area contributed by atoms with E-state index in [1.165, 1.54) is 13.0 Å². The maximum atomic E-state index is 11.8. The second kappa shape index (κ2) is 11.8. The summed E-state index contributed by atoms with van der Waals surface area (Å²) in [5.41, 5.74) is 1.91. The SMILES string of the molecule is CC(=O)Oc1cccc(C[C@@H](C)NC[C@@H](O[Si](C)(C)C(C)(C)C)c2ccc(O)c(NS(C)(=O)=O)c2)c1. The van der Waals surface area contributed by atoms with Gasteiger partial charge in [0.2, 0.25) is 10.0 Å². The van der Waals surface area contributed by atoms with Crippen molar-refractivity contribution in [2.75, 3.05) is 17.5 Å². The van der Waals surface area contributed by atoms with Gasteiger partial charge >= 0.3 is 5.97 Å². The van der Waals surface area contributed by atoms with Crippen LogP contribution in [0.2, 0.25) is 18.1 Å². The molecular weight excluding hydrogens is 496 g/mol. The smallest absolute Gasteiger partial charge is 0.308 e. The van der Waals surface area contributed by atoms with Crippen molar-refractivity contribution < 1.29 is 27.5 Å². The van der Waals surface area contributed by atoms with Crippen molar-refractivity contribution in [3.05, 3.63) is 53.6 Å². The van der Waals surface area contributed by atoms with Crippen LogP contribution in [0.3, 0.4) is 0 Å². The van der Waals surface area contributed by atoms with Crippen LogP contribution >= 0.6 is 0 Å². The van der Waals surface area contributed by atoms with E-state index in [1.54, 1.807) is 18.2 Å². The van der Waals surface area contributed by atoms with Gasteiger partial charge in [-0.2, -0.15) is 0 Å². The molecule has 0 bridgehead atoms. The molecule has 0 spiro atoms. The lowest BCUT2D eigenvalue weighted by Gasteiger charge is -2.40. The Bertz CT molecular complexity index is 1160. The van der Waals surface area contributed by atoms with E-state index in [4.69, 9.17) is 9.16 Å². The van der Waals surface area contributed by atoms with Crippen molar-refractivity contribution in [2.24, 2.45) is 0 Å². The summed E-state index contributed by atoms with van der Waals surface area (Å²) in [6.07, 6.45) is 1.39. The van der Waals surface area contributed by atoms with Crippen LogP contribution in [0, 0.1) is 0 Å². The third-order valence-electron chi connectivity index (χ3n) is 6.28. The molecule has 8 nitrogen and oxygen atoms in total. The minimum absolute atomic E-state index is 0.0290. The lowest BCUT2D eigenvalue weighted by molar-refractivity contribution is -0.131. The zero-order valence-electron chi connectivity index (χ0n) is 22.5. The van der Waals surface area contributed by atoms with E-state index in [2.05, 4.69) is 50.8 Å². The quantitative estimate of drug-likeness (QED) is 0.161. The van der Waals surface area contributed by atoms with Gasteiger partial charge in [-0.3, -0.25) is 9.52 Å². The Hall–Kier alpha value is -2.40. The zero-order chi connectivity index (χ0) is 27.3. The normalized spacial score (nSPS) is 14.2. The molecule has 36 heavy (non-hydrogen) atoms. The van der Waals surface area contributed by atoms with E-state index in [0.29, 0.717) is 18.7 Å². The fraction of sp³-hybridized carbons (Fsp3) is 0.500. The van der Waals surface area contributed by atoms with E-state index in [9.17, 15) is 18.3 Å². The molecule has 2 aromatic carbocycles. The number of anilines is 1.